The van der Waals surface area contributed by atoms with Gasteiger partial charge in [-0.1, -0.05) is 0 Å². The number of hydroxylamine groups is 2. The first kappa shape index (κ1) is 13.7. The van der Waals surface area contributed by atoms with Gasteiger partial charge in [-0.05, 0) is 69.1 Å². The van der Waals surface area contributed by atoms with E-state index >= 15 is 0 Å². The minimum absolute atomic E-state index is 0.0776. The molecule has 4 bridgehead atoms. The van der Waals surface area contributed by atoms with Crippen molar-refractivity contribution in [3.8, 4) is 6.07 Å². The van der Waals surface area contributed by atoms with Crippen molar-refractivity contribution in [3.05, 3.63) is 0 Å². The molecule has 6 fully saturated rings. The van der Waals surface area contributed by atoms with Gasteiger partial charge in [-0.2, -0.15) is 10.3 Å². The molecular formula is C17H25N3O2. The van der Waals surface area contributed by atoms with Crippen LogP contribution in [-0.4, -0.2) is 34.1 Å². The summed E-state index contributed by atoms with van der Waals surface area (Å²) in [7, 11) is 0. The Morgan fingerprint density at radius 1 is 1.18 bits per heavy atom. The van der Waals surface area contributed by atoms with Crippen LogP contribution in [0.15, 0.2) is 0 Å². The van der Waals surface area contributed by atoms with E-state index in [2.05, 4.69) is 6.07 Å². The second-order valence-electron chi connectivity index (χ2n) is 8.88. The molecule has 6 rings (SSSR count). The number of aliphatic hydroxyl groups is 1. The number of hydrogen-bond donors (Lipinski definition) is 2. The highest BCUT2D eigenvalue weighted by molar-refractivity contribution is 5.12. The number of hydrogen-bond acceptors (Lipinski definition) is 5. The van der Waals surface area contributed by atoms with Crippen molar-refractivity contribution >= 4 is 0 Å². The van der Waals surface area contributed by atoms with E-state index in [1.54, 1.807) is 0 Å². The second-order valence-corrected chi connectivity index (χ2v) is 8.88. The fourth-order valence-corrected chi connectivity index (χ4v) is 6.54. The monoisotopic (exact) mass is 303 g/mol. The van der Waals surface area contributed by atoms with Crippen molar-refractivity contribution in [3.63, 3.8) is 0 Å². The number of piperidine rings is 1. The fraction of sp³-hybridized carbons (Fsp3) is 0.941. The first-order chi connectivity index (χ1) is 10.5. The predicted molar refractivity (Wildman–Crippen MR) is 78.9 cm³/mol. The van der Waals surface area contributed by atoms with Crippen molar-refractivity contribution in [2.75, 3.05) is 0 Å². The molecule has 1 saturated heterocycles. The van der Waals surface area contributed by atoms with Gasteiger partial charge < -0.3 is 10.8 Å². The summed E-state index contributed by atoms with van der Waals surface area (Å²) in [6.07, 6.45) is 7.82. The summed E-state index contributed by atoms with van der Waals surface area (Å²) in [4.78, 5) is 6.18. The van der Waals surface area contributed by atoms with Crippen LogP contribution in [0.3, 0.4) is 0 Å². The summed E-state index contributed by atoms with van der Waals surface area (Å²) in [5, 5.41) is 22.1. The maximum absolute atomic E-state index is 10.9. The Bertz CT molecular complexity index is 531. The van der Waals surface area contributed by atoms with Crippen LogP contribution in [0.4, 0.5) is 0 Å². The van der Waals surface area contributed by atoms with Crippen molar-refractivity contribution in [1.29, 1.82) is 5.26 Å². The van der Waals surface area contributed by atoms with Crippen molar-refractivity contribution in [2.24, 2.45) is 28.9 Å². The average Bonchev–Trinajstić information content (AvgIpc) is 3.11. The number of nitrogens with two attached hydrogens (primary N) is 1. The Morgan fingerprint density at radius 3 is 2.55 bits per heavy atom. The Balaban J connectivity index is 1.37. The van der Waals surface area contributed by atoms with Crippen LogP contribution in [0.25, 0.3) is 0 Å². The standard InChI is InChI=1S/C17H25N3O2/c18-8-13-2-12-3-14(12)20(13)22-15(19)16-4-10-1-11(5-16)7-17(21,6-10)9-16/h10-15,21H,1-7,9,19H2/t10?,11?,12-,13+,14+,15+,16?,17?/m1/s1. The van der Waals surface area contributed by atoms with Crippen LogP contribution in [-0.2, 0) is 4.84 Å². The van der Waals surface area contributed by atoms with Gasteiger partial charge in [0.2, 0.25) is 0 Å². The van der Waals surface area contributed by atoms with Crippen LogP contribution < -0.4 is 5.73 Å². The van der Waals surface area contributed by atoms with Gasteiger partial charge in [-0.3, -0.25) is 4.84 Å². The molecule has 22 heavy (non-hydrogen) atoms. The zero-order valence-corrected chi connectivity index (χ0v) is 12.9. The number of fused-ring (bicyclic) bond motifs is 1. The molecule has 5 aliphatic carbocycles. The summed E-state index contributed by atoms with van der Waals surface area (Å²) in [6, 6.07) is 2.63. The van der Waals surface area contributed by atoms with Gasteiger partial charge in [0.15, 0.2) is 0 Å². The van der Waals surface area contributed by atoms with Gasteiger partial charge in [0.05, 0.1) is 11.7 Å². The molecule has 3 N–H and O–H groups in total. The zero-order valence-electron chi connectivity index (χ0n) is 12.9. The molecule has 5 nitrogen and oxygen atoms in total. The molecule has 0 aromatic rings. The molecule has 0 aromatic heterocycles. The highest BCUT2D eigenvalue weighted by atomic mass is 16.7. The van der Waals surface area contributed by atoms with Crippen molar-refractivity contribution in [1.82, 2.24) is 5.06 Å². The summed E-state index contributed by atoms with van der Waals surface area (Å²) < 4.78 is 0. The summed E-state index contributed by atoms with van der Waals surface area (Å²) in [6.45, 7) is 0. The maximum Gasteiger partial charge on any atom is 0.133 e. The topological polar surface area (TPSA) is 82.5 Å². The fourth-order valence-electron chi connectivity index (χ4n) is 6.54. The van der Waals surface area contributed by atoms with E-state index < -0.39 is 5.60 Å². The lowest BCUT2D eigenvalue weighted by molar-refractivity contribution is -0.277. The van der Waals surface area contributed by atoms with Gasteiger partial charge in [0.1, 0.15) is 12.3 Å². The molecule has 120 valence electrons. The van der Waals surface area contributed by atoms with Crippen LogP contribution in [0.1, 0.15) is 51.4 Å². The van der Waals surface area contributed by atoms with Gasteiger partial charge in [-0.15, -0.1) is 0 Å². The quantitative estimate of drug-likeness (QED) is 0.772. The summed E-state index contributed by atoms with van der Waals surface area (Å²) in [5.41, 5.74) is 5.94. The van der Waals surface area contributed by atoms with Crippen molar-refractivity contribution in [2.45, 2.75) is 75.3 Å². The normalized spacial score (nSPS) is 56.7. The maximum atomic E-state index is 10.9. The molecule has 0 amide bonds. The molecule has 5 heteroatoms. The molecule has 1 aliphatic heterocycles. The van der Waals surface area contributed by atoms with Crippen LogP contribution in [0.5, 0.6) is 0 Å². The lowest BCUT2D eigenvalue weighted by Crippen LogP contribution is -2.62. The number of nitriles is 1. The Kier molecular flexibility index (Phi) is 2.65. The lowest BCUT2D eigenvalue weighted by atomic mass is 9.47. The van der Waals surface area contributed by atoms with Gasteiger partial charge in [0, 0.05) is 11.5 Å². The highest BCUT2D eigenvalue weighted by Crippen LogP contribution is 2.63. The van der Waals surface area contributed by atoms with Gasteiger partial charge in [-0.25, -0.2) is 0 Å². The third kappa shape index (κ3) is 1.85. The Labute approximate surface area is 131 Å². The van der Waals surface area contributed by atoms with Crippen LogP contribution >= 0.6 is 0 Å². The van der Waals surface area contributed by atoms with Gasteiger partial charge >= 0.3 is 0 Å². The van der Waals surface area contributed by atoms with E-state index in [0.717, 1.165) is 44.9 Å². The molecule has 0 aromatic carbocycles. The third-order valence-corrected chi connectivity index (χ3v) is 7.11. The minimum Gasteiger partial charge on any atom is -0.390 e. The van der Waals surface area contributed by atoms with Crippen LogP contribution in [0, 0.1) is 34.5 Å². The zero-order chi connectivity index (χ0) is 15.1. The van der Waals surface area contributed by atoms with Crippen molar-refractivity contribution < 1.29 is 9.94 Å². The molecule has 0 radical (unpaired) electrons. The van der Waals surface area contributed by atoms with E-state index in [4.69, 9.17) is 10.6 Å². The molecular weight excluding hydrogens is 278 g/mol. The first-order valence-electron chi connectivity index (χ1n) is 8.83. The SMILES string of the molecule is N#C[C@@H]1C[C@@H]2C[C@@H]2N1O[C@H](N)C12CC3CC(CC(O)(C3)C1)C2. The summed E-state index contributed by atoms with van der Waals surface area (Å²) in [5.74, 6) is 1.86. The number of nitrogens with zero attached hydrogens (tertiary/aromatic N) is 2. The van der Waals surface area contributed by atoms with E-state index in [-0.39, 0.29) is 17.7 Å². The average molecular weight is 303 g/mol. The number of rotatable bonds is 3. The molecule has 0 spiro atoms. The minimum atomic E-state index is -0.507. The first-order valence-corrected chi connectivity index (χ1v) is 8.83. The summed E-state index contributed by atoms with van der Waals surface area (Å²) >= 11 is 0. The Morgan fingerprint density at radius 2 is 1.91 bits per heavy atom. The smallest absolute Gasteiger partial charge is 0.133 e. The molecule has 1 heterocycles. The largest absolute Gasteiger partial charge is 0.390 e. The highest BCUT2D eigenvalue weighted by Gasteiger charge is 2.61. The van der Waals surface area contributed by atoms with E-state index in [9.17, 15) is 10.4 Å². The molecule has 2 unspecified atom stereocenters. The van der Waals surface area contributed by atoms with E-state index in [1.165, 1.54) is 6.42 Å². The molecule has 5 saturated carbocycles. The second kappa shape index (κ2) is 4.24. The van der Waals surface area contributed by atoms with Gasteiger partial charge in [0.25, 0.3) is 0 Å². The predicted octanol–water partition coefficient (Wildman–Crippen LogP) is 1.52. The van der Waals surface area contributed by atoms with Crippen LogP contribution in [0.2, 0.25) is 0 Å². The van der Waals surface area contributed by atoms with E-state index in [1.807, 2.05) is 5.06 Å². The van der Waals surface area contributed by atoms with E-state index in [0.29, 0.717) is 23.8 Å². The lowest BCUT2D eigenvalue weighted by Gasteiger charge is -2.61. The molecule has 6 aliphatic rings. The Hall–Kier alpha value is -0.670. The third-order valence-electron chi connectivity index (χ3n) is 7.11. The molecule has 6 atom stereocenters.